The number of piperidine rings is 1. The van der Waals surface area contributed by atoms with Gasteiger partial charge in [0.2, 0.25) is 5.91 Å². The molecule has 3 unspecified atom stereocenters. The first-order valence-corrected chi connectivity index (χ1v) is 7.37. The summed E-state index contributed by atoms with van der Waals surface area (Å²) in [4.78, 5) is 14.6. The van der Waals surface area contributed by atoms with Crippen molar-refractivity contribution in [3.63, 3.8) is 0 Å². The van der Waals surface area contributed by atoms with E-state index >= 15 is 0 Å². The number of amides is 1. The van der Waals surface area contributed by atoms with Gasteiger partial charge in [-0.1, -0.05) is 6.42 Å². The zero-order chi connectivity index (χ0) is 11.7. The highest BCUT2D eigenvalue weighted by molar-refractivity contribution is 5.77. The minimum absolute atomic E-state index is 0.418. The van der Waals surface area contributed by atoms with Gasteiger partial charge < -0.3 is 10.2 Å². The number of nitrogens with zero attached hydrogens (tertiary/aromatic N) is 1. The van der Waals surface area contributed by atoms with Crippen LogP contribution in [0.3, 0.4) is 0 Å². The topological polar surface area (TPSA) is 32.3 Å². The van der Waals surface area contributed by atoms with Crippen LogP contribution in [0.1, 0.15) is 51.4 Å². The Bertz CT molecular complexity index is 286. The van der Waals surface area contributed by atoms with Crippen LogP contribution >= 0.6 is 0 Å². The molecule has 3 atom stereocenters. The van der Waals surface area contributed by atoms with E-state index in [0.29, 0.717) is 18.0 Å². The second-order valence-corrected chi connectivity index (χ2v) is 5.99. The van der Waals surface area contributed by atoms with Crippen molar-refractivity contribution in [2.24, 2.45) is 5.92 Å². The maximum absolute atomic E-state index is 12.4. The molecule has 3 aliphatic rings. The van der Waals surface area contributed by atoms with Crippen molar-refractivity contribution < 1.29 is 4.79 Å². The molecular weight excluding hydrogens is 212 g/mol. The molecule has 1 saturated carbocycles. The van der Waals surface area contributed by atoms with Crippen molar-refractivity contribution in [1.82, 2.24) is 10.2 Å². The minimum atomic E-state index is 0.418. The van der Waals surface area contributed by atoms with Crippen molar-refractivity contribution in [3.8, 4) is 0 Å². The summed E-state index contributed by atoms with van der Waals surface area (Å²) in [6.07, 6.45) is 9.70. The minimum Gasteiger partial charge on any atom is -0.339 e. The molecule has 96 valence electrons. The molecule has 1 aliphatic carbocycles. The lowest BCUT2D eigenvalue weighted by Gasteiger charge is -2.38. The number of hydrogen-bond donors (Lipinski definition) is 1. The molecule has 0 aromatic carbocycles. The van der Waals surface area contributed by atoms with E-state index in [1.165, 1.54) is 44.9 Å². The summed E-state index contributed by atoms with van der Waals surface area (Å²) in [5, 5.41) is 3.44. The number of carbonyl (C=O) groups is 1. The lowest BCUT2D eigenvalue weighted by molar-refractivity contribution is -0.136. The van der Waals surface area contributed by atoms with Gasteiger partial charge in [0, 0.05) is 25.0 Å². The average Bonchev–Trinajstić information content (AvgIpc) is 2.97. The monoisotopic (exact) mass is 236 g/mol. The number of likely N-dealkylation sites (tertiary alicyclic amines) is 1. The van der Waals surface area contributed by atoms with Crippen molar-refractivity contribution in [3.05, 3.63) is 0 Å². The third-order valence-electron chi connectivity index (χ3n) is 4.90. The molecule has 0 radical (unpaired) electrons. The normalized spacial score (nSPS) is 37.2. The Kier molecular flexibility index (Phi) is 3.37. The molecule has 2 aliphatic heterocycles. The first kappa shape index (κ1) is 11.5. The SMILES string of the molecule is O=C(CC1CCCN1)N1CCCC2CCCC21. The maximum Gasteiger partial charge on any atom is 0.224 e. The van der Waals surface area contributed by atoms with E-state index in [0.717, 1.165) is 25.4 Å². The molecule has 0 aromatic rings. The van der Waals surface area contributed by atoms with Crippen LogP contribution in [0.25, 0.3) is 0 Å². The molecule has 3 fully saturated rings. The fourth-order valence-corrected chi connectivity index (χ4v) is 4.02. The molecule has 17 heavy (non-hydrogen) atoms. The van der Waals surface area contributed by atoms with Crippen LogP contribution in [0.15, 0.2) is 0 Å². The Morgan fingerprint density at radius 1 is 1.12 bits per heavy atom. The third kappa shape index (κ3) is 2.35. The molecule has 3 nitrogen and oxygen atoms in total. The molecule has 2 saturated heterocycles. The average molecular weight is 236 g/mol. The third-order valence-corrected chi connectivity index (χ3v) is 4.90. The summed E-state index contributed by atoms with van der Waals surface area (Å²) >= 11 is 0. The maximum atomic E-state index is 12.4. The van der Waals surface area contributed by atoms with Gasteiger partial charge in [-0.25, -0.2) is 0 Å². The van der Waals surface area contributed by atoms with Gasteiger partial charge in [0.05, 0.1) is 0 Å². The summed E-state index contributed by atoms with van der Waals surface area (Å²) < 4.78 is 0. The number of rotatable bonds is 2. The number of hydrogen-bond acceptors (Lipinski definition) is 2. The van der Waals surface area contributed by atoms with Gasteiger partial charge in [0.25, 0.3) is 0 Å². The summed E-state index contributed by atoms with van der Waals surface area (Å²) in [6.45, 7) is 2.12. The fourth-order valence-electron chi connectivity index (χ4n) is 4.02. The first-order chi connectivity index (χ1) is 8.34. The lowest BCUT2D eigenvalue weighted by atomic mass is 9.91. The molecule has 0 bridgehead atoms. The number of nitrogens with one attached hydrogen (secondary N) is 1. The molecule has 3 rings (SSSR count). The van der Waals surface area contributed by atoms with E-state index in [-0.39, 0.29) is 0 Å². The summed E-state index contributed by atoms with van der Waals surface area (Å²) in [5.74, 6) is 1.24. The number of fused-ring (bicyclic) bond motifs is 1. The van der Waals surface area contributed by atoms with Gasteiger partial charge in [0.15, 0.2) is 0 Å². The Labute approximate surface area is 104 Å². The van der Waals surface area contributed by atoms with Crippen molar-refractivity contribution >= 4 is 5.91 Å². The highest BCUT2D eigenvalue weighted by atomic mass is 16.2. The highest BCUT2D eigenvalue weighted by Gasteiger charge is 2.37. The molecule has 1 amide bonds. The fraction of sp³-hybridized carbons (Fsp3) is 0.929. The van der Waals surface area contributed by atoms with Crippen LogP contribution in [0.4, 0.5) is 0 Å². The van der Waals surface area contributed by atoms with Gasteiger partial charge in [-0.3, -0.25) is 4.79 Å². The van der Waals surface area contributed by atoms with E-state index in [2.05, 4.69) is 10.2 Å². The quantitative estimate of drug-likeness (QED) is 0.794. The van der Waals surface area contributed by atoms with E-state index in [4.69, 9.17) is 0 Å². The van der Waals surface area contributed by atoms with Gasteiger partial charge in [-0.15, -0.1) is 0 Å². The first-order valence-electron chi connectivity index (χ1n) is 7.37. The van der Waals surface area contributed by atoms with Gasteiger partial charge >= 0.3 is 0 Å². The molecular formula is C14H24N2O. The number of carbonyl (C=O) groups excluding carboxylic acids is 1. The van der Waals surface area contributed by atoms with E-state index in [9.17, 15) is 4.79 Å². The van der Waals surface area contributed by atoms with Gasteiger partial charge in [-0.05, 0) is 51.0 Å². The molecule has 2 heterocycles. The van der Waals surface area contributed by atoms with Crippen LogP contribution in [0.5, 0.6) is 0 Å². The van der Waals surface area contributed by atoms with E-state index in [1.54, 1.807) is 0 Å². The molecule has 0 aromatic heterocycles. The highest BCUT2D eigenvalue weighted by Crippen LogP contribution is 2.37. The Balaban J connectivity index is 1.59. The van der Waals surface area contributed by atoms with Gasteiger partial charge in [-0.2, -0.15) is 0 Å². The summed E-state index contributed by atoms with van der Waals surface area (Å²) in [6, 6.07) is 1.06. The second kappa shape index (κ2) is 4.97. The van der Waals surface area contributed by atoms with Crippen LogP contribution in [-0.4, -0.2) is 36.0 Å². The van der Waals surface area contributed by atoms with Gasteiger partial charge in [0.1, 0.15) is 0 Å². The smallest absolute Gasteiger partial charge is 0.224 e. The molecule has 0 spiro atoms. The Morgan fingerprint density at radius 3 is 2.82 bits per heavy atom. The second-order valence-electron chi connectivity index (χ2n) is 5.99. The molecule has 3 heteroatoms. The van der Waals surface area contributed by atoms with Crippen molar-refractivity contribution in [2.75, 3.05) is 13.1 Å². The van der Waals surface area contributed by atoms with Crippen LogP contribution in [0.2, 0.25) is 0 Å². The lowest BCUT2D eigenvalue weighted by Crippen LogP contribution is -2.47. The van der Waals surface area contributed by atoms with E-state index in [1.807, 2.05) is 0 Å². The zero-order valence-electron chi connectivity index (χ0n) is 10.7. The predicted molar refractivity (Wildman–Crippen MR) is 67.7 cm³/mol. The van der Waals surface area contributed by atoms with Crippen LogP contribution < -0.4 is 5.32 Å². The largest absolute Gasteiger partial charge is 0.339 e. The van der Waals surface area contributed by atoms with Crippen molar-refractivity contribution in [2.45, 2.75) is 63.5 Å². The predicted octanol–water partition coefficient (Wildman–Crippen LogP) is 1.92. The Morgan fingerprint density at radius 2 is 2.00 bits per heavy atom. The summed E-state index contributed by atoms with van der Waals surface area (Å²) in [5.41, 5.74) is 0. The standard InChI is InChI=1S/C14H24N2O/c17-14(10-12-6-2-8-15-12)16-9-3-5-11-4-1-7-13(11)16/h11-13,15H,1-10H2. The zero-order valence-corrected chi connectivity index (χ0v) is 10.7. The molecule has 1 N–H and O–H groups in total. The summed E-state index contributed by atoms with van der Waals surface area (Å²) in [7, 11) is 0. The van der Waals surface area contributed by atoms with E-state index < -0.39 is 0 Å². The van der Waals surface area contributed by atoms with Crippen LogP contribution in [0, 0.1) is 5.92 Å². The van der Waals surface area contributed by atoms with Crippen LogP contribution in [-0.2, 0) is 4.79 Å². The Hall–Kier alpha value is -0.570. The van der Waals surface area contributed by atoms with Crippen molar-refractivity contribution in [1.29, 1.82) is 0 Å².